The molecule has 2 rings (SSSR count). The topological polar surface area (TPSA) is 43.1 Å². The smallest absolute Gasteiger partial charge is 0.258 e. The fraction of sp³-hybridized carbons (Fsp3) is 0.200. The van der Waals surface area contributed by atoms with Gasteiger partial charge in [-0.2, -0.15) is 0 Å². The highest BCUT2D eigenvalue weighted by Gasteiger charge is 2.16. The van der Waals surface area contributed by atoms with Crippen molar-refractivity contribution in [3.8, 4) is 0 Å². The highest BCUT2D eigenvalue weighted by atomic mass is 35.5. The number of nitrogens with zero attached hydrogens (tertiary/aromatic N) is 1. The summed E-state index contributed by atoms with van der Waals surface area (Å²) in [7, 11) is 0. The SMILES string of the molecule is O=[N+]([O-])c1ccc(Cl)cc1CCC(Cl)c1ccccc1. The predicted octanol–water partition coefficient (Wildman–Crippen LogP) is 5.16. The van der Waals surface area contributed by atoms with Gasteiger partial charge in [0.05, 0.1) is 10.3 Å². The molecule has 0 heterocycles. The molecule has 3 nitrogen and oxygen atoms in total. The molecule has 0 aliphatic heterocycles. The number of nitro groups is 1. The summed E-state index contributed by atoms with van der Waals surface area (Å²) in [6, 6.07) is 14.3. The van der Waals surface area contributed by atoms with Crippen molar-refractivity contribution in [1.29, 1.82) is 0 Å². The van der Waals surface area contributed by atoms with Crippen LogP contribution in [0, 0.1) is 10.1 Å². The van der Waals surface area contributed by atoms with E-state index in [-0.39, 0.29) is 11.1 Å². The number of hydrogen-bond donors (Lipinski definition) is 0. The van der Waals surface area contributed by atoms with Crippen LogP contribution in [-0.2, 0) is 6.42 Å². The molecule has 0 aromatic heterocycles. The van der Waals surface area contributed by atoms with Crippen molar-refractivity contribution in [3.05, 3.63) is 74.8 Å². The number of halogens is 2. The van der Waals surface area contributed by atoms with E-state index in [1.165, 1.54) is 12.1 Å². The van der Waals surface area contributed by atoms with E-state index in [1.807, 2.05) is 30.3 Å². The molecular formula is C15H13Cl2NO2. The Morgan fingerprint density at radius 1 is 1.15 bits per heavy atom. The summed E-state index contributed by atoms with van der Waals surface area (Å²) in [4.78, 5) is 10.6. The maximum atomic E-state index is 11.0. The largest absolute Gasteiger partial charge is 0.272 e. The van der Waals surface area contributed by atoms with Gasteiger partial charge in [0.1, 0.15) is 0 Å². The van der Waals surface area contributed by atoms with Crippen LogP contribution in [0.25, 0.3) is 0 Å². The zero-order chi connectivity index (χ0) is 14.5. The Bertz CT molecular complexity index is 602. The lowest BCUT2D eigenvalue weighted by Crippen LogP contribution is -1.98. The first-order chi connectivity index (χ1) is 9.58. The summed E-state index contributed by atoms with van der Waals surface area (Å²) in [6.45, 7) is 0. The second-order valence-electron chi connectivity index (χ2n) is 4.45. The molecule has 0 bridgehead atoms. The second-order valence-corrected chi connectivity index (χ2v) is 5.41. The zero-order valence-electron chi connectivity index (χ0n) is 10.6. The van der Waals surface area contributed by atoms with E-state index in [0.717, 1.165) is 5.56 Å². The van der Waals surface area contributed by atoms with Crippen molar-refractivity contribution in [2.75, 3.05) is 0 Å². The van der Waals surface area contributed by atoms with Gasteiger partial charge in [-0.3, -0.25) is 10.1 Å². The predicted molar refractivity (Wildman–Crippen MR) is 81.5 cm³/mol. The van der Waals surface area contributed by atoms with Gasteiger partial charge in [-0.25, -0.2) is 0 Å². The van der Waals surface area contributed by atoms with E-state index in [9.17, 15) is 10.1 Å². The molecule has 0 saturated carbocycles. The lowest BCUT2D eigenvalue weighted by Gasteiger charge is -2.10. The summed E-state index contributed by atoms with van der Waals surface area (Å²) >= 11 is 12.2. The Kier molecular flexibility index (Phi) is 4.99. The monoisotopic (exact) mass is 309 g/mol. The van der Waals surface area contributed by atoms with E-state index in [2.05, 4.69) is 0 Å². The molecule has 0 amide bonds. The molecule has 0 N–H and O–H groups in total. The van der Waals surface area contributed by atoms with Gasteiger partial charge < -0.3 is 0 Å². The van der Waals surface area contributed by atoms with Crippen molar-refractivity contribution in [3.63, 3.8) is 0 Å². The molecule has 0 aliphatic carbocycles. The molecule has 0 radical (unpaired) electrons. The van der Waals surface area contributed by atoms with Crippen LogP contribution in [0.5, 0.6) is 0 Å². The van der Waals surface area contributed by atoms with Gasteiger partial charge in [0.2, 0.25) is 0 Å². The van der Waals surface area contributed by atoms with Crippen LogP contribution in [0.4, 0.5) is 5.69 Å². The lowest BCUT2D eigenvalue weighted by molar-refractivity contribution is -0.385. The number of rotatable bonds is 5. The Hall–Kier alpha value is -1.58. The fourth-order valence-electron chi connectivity index (χ4n) is 2.04. The van der Waals surface area contributed by atoms with Crippen LogP contribution in [0.3, 0.4) is 0 Å². The van der Waals surface area contributed by atoms with Crippen LogP contribution in [0.1, 0.15) is 22.9 Å². The highest BCUT2D eigenvalue weighted by molar-refractivity contribution is 6.30. The van der Waals surface area contributed by atoms with Gasteiger partial charge in [0, 0.05) is 16.7 Å². The number of aryl methyl sites for hydroxylation is 1. The molecule has 2 aromatic rings. The molecule has 0 fully saturated rings. The minimum absolute atomic E-state index is 0.0892. The van der Waals surface area contributed by atoms with Gasteiger partial charge in [0.15, 0.2) is 0 Å². The maximum absolute atomic E-state index is 11.0. The summed E-state index contributed by atoms with van der Waals surface area (Å²) in [5.74, 6) is 0. The van der Waals surface area contributed by atoms with Crippen molar-refractivity contribution >= 4 is 28.9 Å². The summed E-state index contributed by atoms with van der Waals surface area (Å²) in [6.07, 6.45) is 1.13. The Labute approximate surface area is 127 Å². The molecule has 5 heteroatoms. The van der Waals surface area contributed by atoms with Crippen molar-refractivity contribution < 1.29 is 4.92 Å². The van der Waals surface area contributed by atoms with Crippen LogP contribution < -0.4 is 0 Å². The minimum Gasteiger partial charge on any atom is -0.258 e. The number of nitro benzene ring substituents is 1. The van der Waals surface area contributed by atoms with Crippen molar-refractivity contribution in [2.45, 2.75) is 18.2 Å². The first kappa shape index (κ1) is 14.8. The molecule has 0 spiro atoms. The summed E-state index contributed by atoms with van der Waals surface area (Å²) in [5, 5.41) is 11.3. The lowest BCUT2D eigenvalue weighted by atomic mass is 10.0. The normalized spacial score (nSPS) is 12.1. The van der Waals surface area contributed by atoms with Crippen LogP contribution >= 0.6 is 23.2 Å². The third-order valence-electron chi connectivity index (χ3n) is 3.07. The van der Waals surface area contributed by atoms with Gasteiger partial charge >= 0.3 is 0 Å². The molecule has 104 valence electrons. The second kappa shape index (κ2) is 6.73. The average molecular weight is 310 g/mol. The molecule has 0 aliphatic rings. The third-order valence-corrected chi connectivity index (χ3v) is 3.77. The van der Waals surface area contributed by atoms with Crippen LogP contribution in [0.2, 0.25) is 5.02 Å². The van der Waals surface area contributed by atoms with E-state index < -0.39 is 4.92 Å². The quantitative estimate of drug-likeness (QED) is 0.435. The minimum atomic E-state index is -0.391. The number of alkyl halides is 1. The van der Waals surface area contributed by atoms with Gasteiger partial charge in [-0.05, 0) is 30.5 Å². The van der Waals surface area contributed by atoms with Crippen molar-refractivity contribution in [2.24, 2.45) is 0 Å². The highest BCUT2D eigenvalue weighted by Crippen LogP contribution is 2.29. The Morgan fingerprint density at radius 3 is 2.50 bits per heavy atom. The molecular weight excluding hydrogens is 297 g/mol. The molecule has 1 atom stereocenters. The molecule has 1 unspecified atom stereocenters. The number of hydrogen-bond acceptors (Lipinski definition) is 2. The van der Waals surface area contributed by atoms with Gasteiger partial charge in [-0.15, -0.1) is 11.6 Å². The molecule has 20 heavy (non-hydrogen) atoms. The Balaban J connectivity index is 2.11. The Morgan fingerprint density at radius 2 is 1.85 bits per heavy atom. The fourth-order valence-corrected chi connectivity index (χ4v) is 2.49. The van der Waals surface area contributed by atoms with Gasteiger partial charge in [0.25, 0.3) is 5.69 Å². The van der Waals surface area contributed by atoms with Gasteiger partial charge in [-0.1, -0.05) is 41.9 Å². The van der Waals surface area contributed by atoms with E-state index in [0.29, 0.717) is 23.4 Å². The first-order valence-corrected chi connectivity index (χ1v) is 7.01. The van der Waals surface area contributed by atoms with E-state index in [4.69, 9.17) is 23.2 Å². The molecule has 2 aromatic carbocycles. The summed E-state index contributed by atoms with van der Waals surface area (Å²) < 4.78 is 0. The standard InChI is InChI=1S/C15H13Cl2NO2/c16-13-7-9-15(18(19)20)12(10-13)6-8-14(17)11-4-2-1-3-5-11/h1-5,7,9-10,14H,6,8H2. The molecule has 0 saturated heterocycles. The average Bonchev–Trinajstić information content (AvgIpc) is 2.45. The third kappa shape index (κ3) is 3.71. The number of benzene rings is 2. The maximum Gasteiger partial charge on any atom is 0.272 e. The van der Waals surface area contributed by atoms with E-state index in [1.54, 1.807) is 6.07 Å². The van der Waals surface area contributed by atoms with Crippen LogP contribution in [-0.4, -0.2) is 4.92 Å². The van der Waals surface area contributed by atoms with E-state index >= 15 is 0 Å². The van der Waals surface area contributed by atoms with Crippen molar-refractivity contribution in [1.82, 2.24) is 0 Å². The zero-order valence-corrected chi connectivity index (χ0v) is 12.1. The summed E-state index contributed by atoms with van der Waals surface area (Å²) in [5.41, 5.74) is 1.72. The van der Waals surface area contributed by atoms with Crippen LogP contribution in [0.15, 0.2) is 48.5 Å². The first-order valence-electron chi connectivity index (χ1n) is 6.20.